The van der Waals surface area contributed by atoms with Gasteiger partial charge in [0.2, 0.25) is 0 Å². The molecule has 1 heterocycles. The fraction of sp³-hybridized carbons (Fsp3) is 0.769. The van der Waals surface area contributed by atoms with Crippen LogP contribution in [-0.4, -0.2) is 4.98 Å². The lowest BCUT2D eigenvalue weighted by atomic mass is 9.93. The van der Waals surface area contributed by atoms with Gasteiger partial charge in [0.15, 0.2) is 0 Å². The summed E-state index contributed by atoms with van der Waals surface area (Å²) in [5.74, 6) is 0.666. The Hall–Kier alpha value is -0.410. The van der Waals surface area contributed by atoms with Crippen molar-refractivity contribution in [2.75, 3.05) is 0 Å². The number of nitrogens with zero attached hydrogens (tertiary/aromatic N) is 1. The van der Waals surface area contributed by atoms with E-state index in [9.17, 15) is 0 Å². The van der Waals surface area contributed by atoms with Crippen LogP contribution in [0.2, 0.25) is 0 Å². The maximum atomic E-state index is 6.30. The van der Waals surface area contributed by atoms with E-state index >= 15 is 0 Å². The Labute approximate surface area is 102 Å². The minimum Gasteiger partial charge on any atom is -0.322 e. The minimum atomic E-state index is 0.143. The van der Waals surface area contributed by atoms with Crippen molar-refractivity contribution in [3.63, 3.8) is 0 Å². The van der Waals surface area contributed by atoms with Crippen molar-refractivity contribution < 1.29 is 0 Å². The fourth-order valence-electron chi connectivity index (χ4n) is 2.30. The van der Waals surface area contributed by atoms with E-state index in [1.165, 1.54) is 31.4 Å². The summed E-state index contributed by atoms with van der Waals surface area (Å²) >= 11 is 1.74. The predicted molar refractivity (Wildman–Crippen MR) is 69.7 cm³/mol. The normalized spacial score (nSPS) is 20.2. The summed E-state index contributed by atoms with van der Waals surface area (Å²) in [5, 5.41) is 3.31. The molecule has 1 aromatic heterocycles. The lowest BCUT2D eigenvalue weighted by Gasteiger charge is -2.17. The van der Waals surface area contributed by atoms with E-state index in [0.29, 0.717) is 5.92 Å². The van der Waals surface area contributed by atoms with E-state index in [2.05, 4.69) is 26.2 Å². The van der Waals surface area contributed by atoms with Gasteiger partial charge < -0.3 is 5.73 Å². The molecule has 2 N–H and O–H groups in total. The Bertz CT molecular complexity index is 345. The molecule has 90 valence electrons. The molecule has 0 saturated heterocycles. The summed E-state index contributed by atoms with van der Waals surface area (Å²) < 4.78 is 0. The third-order valence-corrected chi connectivity index (χ3v) is 4.43. The van der Waals surface area contributed by atoms with Gasteiger partial charge >= 0.3 is 0 Å². The molecule has 1 unspecified atom stereocenters. The minimum absolute atomic E-state index is 0.143. The Balaban J connectivity index is 2.12. The molecule has 0 radical (unpaired) electrons. The van der Waals surface area contributed by atoms with Crippen molar-refractivity contribution in [1.82, 2.24) is 4.98 Å². The highest BCUT2D eigenvalue weighted by atomic mass is 32.1. The van der Waals surface area contributed by atoms with E-state index in [1.807, 2.05) is 0 Å². The largest absolute Gasteiger partial charge is 0.322 e. The first-order valence-electron chi connectivity index (χ1n) is 6.20. The monoisotopic (exact) mass is 238 g/mol. The Morgan fingerprint density at radius 2 is 2.00 bits per heavy atom. The molecular formula is C13H22N2S. The van der Waals surface area contributed by atoms with Crippen LogP contribution in [0.3, 0.4) is 0 Å². The molecule has 1 aliphatic carbocycles. The first-order chi connectivity index (χ1) is 7.48. The number of rotatable bonds is 2. The molecule has 3 heteroatoms. The predicted octanol–water partition coefficient (Wildman–Crippen LogP) is 3.63. The van der Waals surface area contributed by atoms with Gasteiger partial charge in [-0.05, 0) is 18.8 Å². The van der Waals surface area contributed by atoms with Crippen LogP contribution < -0.4 is 5.73 Å². The second-order valence-electron chi connectivity index (χ2n) is 5.89. The van der Waals surface area contributed by atoms with Gasteiger partial charge in [-0.25, -0.2) is 4.98 Å². The lowest BCUT2D eigenvalue weighted by Crippen LogP contribution is -2.20. The summed E-state index contributed by atoms with van der Waals surface area (Å²) in [7, 11) is 0. The van der Waals surface area contributed by atoms with Gasteiger partial charge in [0, 0.05) is 10.8 Å². The maximum absolute atomic E-state index is 6.30. The molecule has 0 aliphatic heterocycles. The van der Waals surface area contributed by atoms with E-state index in [4.69, 9.17) is 10.7 Å². The summed E-state index contributed by atoms with van der Waals surface area (Å²) in [6, 6.07) is 0.170. The maximum Gasteiger partial charge on any atom is 0.110 e. The van der Waals surface area contributed by atoms with E-state index in [-0.39, 0.29) is 11.5 Å². The number of hydrogen-bond donors (Lipinski definition) is 1. The van der Waals surface area contributed by atoms with Crippen molar-refractivity contribution >= 4 is 11.3 Å². The Kier molecular flexibility index (Phi) is 3.36. The molecule has 1 fully saturated rings. The number of aromatic nitrogens is 1. The quantitative estimate of drug-likeness (QED) is 0.854. The van der Waals surface area contributed by atoms with Gasteiger partial charge in [0.05, 0.1) is 11.7 Å². The third kappa shape index (κ3) is 2.46. The van der Waals surface area contributed by atoms with Crippen molar-refractivity contribution in [3.8, 4) is 0 Å². The standard InChI is InChI=1S/C13H22N2S/c1-13(2,3)10-8-16-12(15-10)11(14)9-6-4-5-7-9/h8-9,11H,4-7,14H2,1-3H3. The zero-order valence-corrected chi connectivity index (χ0v) is 11.3. The zero-order chi connectivity index (χ0) is 11.8. The number of nitrogens with two attached hydrogens (primary N) is 1. The van der Waals surface area contributed by atoms with Crippen LogP contribution in [0.1, 0.15) is 63.2 Å². The molecular weight excluding hydrogens is 216 g/mol. The van der Waals surface area contributed by atoms with Crippen LogP contribution in [0.25, 0.3) is 0 Å². The molecule has 2 rings (SSSR count). The van der Waals surface area contributed by atoms with Gasteiger partial charge in [-0.3, -0.25) is 0 Å². The van der Waals surface area contributed by atoms with Gasteiger partial charge in [0.25, 0.3) is 0 Å². The molecule has 1 saturated carbocycles. The summed E-state index contributed by atoms with van der Waals surface area (Å²) in [6.45, 7) is 6.60. The van der Waals surface area contributed by atoms with Crippen LogP contribution >= 0.6 is 11.3 Å². The molecule has 1 aliphatic rings. The highest BCUT2D eigenvalue weighted by Gasteiger charge is 2.26. The lowest BCUT2D eigenvalue weighted by molar-refractivity contribution is 0.441. The highest BCUT2D eigenvalue weighted by molar-refractivity contribution is 7.09. The van der Waals surface area contributed by atoms with Crippen molar-refractivity contribution in [1.29, 1.82) is 0 Å². The first-order valence-corrected chi connectivity index (χ1v) is 7.08. The van der Waals surface area contributed by atoms with Crippen LogP contribution in [-0.2, 0) is 5.41 Å². The topological polar surface area (TPSA) is 38.9 Å². The fourth-order valence-corrected chi connectivity index (χ4v) is 3.44. The van der Waals surface area contributed by atoms with Gasteiger partial charge in [-0.2, -0.15) is 0 Å². The smallest absolute Gasteiger partial charge is 0.110 e. The van der Waals surface area contributed by atoms with Crippen LogP contribution in [0.4, 0.5) is 0 Å². The van der Waals surface area contributed by atoms with Crippen molar-refractivity contribution in [3.05, 3.63) is 16.1 Å². The van der Waals surface area contributed by atoms with Crippen LogP contribution in [0.15, 0.2) is 5.38 Å². The molecule has 0 bridgehead atoms. The molecule has 2 nitrogen and oxygen atoms in total. The zero-order valence-electron chi connectivity index (χ0n) is 10.5. The summed E-state index contributed by atoms with van der Waals surface area (Å²) in [5.41, 5.74) is 7.63. The third-order valence-electron chi connectivity index (χ3n) is 3.48. The number of thiazole rings is 1. The van der Waals surface area contributed by atoms with E-state index in [1.54, 1.807) is 11.3 Å². The first kappa shape index (κ1) is 12.1. The van der Waals surface area contributed by atoms with Crippen LogP contribution in [0, 0.1) is 5.92 Å². The second-order valence-corrected chi connectivity index (χ2v) is 6.78. The number of hydrogen-bond acceptors (Lipinski definition) is 3. The summed E-state index contributed by atoms with van der Waals surface area (Å²) in [4.78, 5) is 4.72. The molecule has 0 aromatic carbocycles. The second kappa shape index (κ2) is 4.46. The van der Waals surface area contributed by atoms with Crippen molar-refractivity contribution in [2.24, 2.45) is 11.7 Å². The molecule has 16 heavy (non-hydrogen) atoms. The SMILES string of the molecule is CC(C)(C)c1csc(C(N)C2CCCC2)n1. The Morgan fingerprint density at radius 3 is 2.50 bits per heavy atom. The molecule has 1 atom stereocenters. The summed E-state index contributed by atoms with van der Waals surface area (Å²) in [6.07, 6.45) is 5.25. The Morgan fingerprint density at radius 1 is 1.38 bits per heavy atom. The molecule has 0 amide bonds. The van der Waals surface area contributed by atoms with E-state index in [0.717, 1.165) is 5.01 Å². The highest BCUT2D eigenvalue weighted by Crippen LogP contribution is 2.36. The van der Waals surface area contributed by atoms with Crippen molar-refractivity contribution in [2.45, 2.75) is 57.9 Å². The average molecular weight is 238 g/mol. The van der Waals surface area contributed by atoms with Gasteiger partial charge in [0.1, 0.15) is 5.01 Å². The molecule has 0 spiro atoms. The van der Waals surface area contributed by atoms with E-state index < -0.39 is 0 Å². The van der Waals surface area contributed by atoms with Gasteiger partial charge in [-0.1, -0.05) is 33.6 Å². The molecule has 1 aromatic rings. The average Bonchev–Trinajstić information content (AvgIpc) is 2.87. The van der Waals surface area contributed by atoms with Crippen LogP contribution in [0.5, 0.6) is 0 Å². The van der Waals surface area contributed by atoms with Gasteiger partial charge in [-0.15, -0.1) is 11.3 Å².